The van der Waals surface area contributed by atoms with Gasteiger partial charge in [-0.2, -0.15) is 0 Å². The van der Waals surface area contributed by atoms with Crippen molar-refractivity contribution in [3.63, 3.8) is 0 Å². The van der Waals surface area contributed by atoms with Crippen LogP contribution in [0.2, 0.25) is 0 Å². The van der Waals surface area contributed by atoms with E-state index >= 15 is 0 Å². The first-order chi connectivity index (χ1) is 8.72. The zero-order chi connectivity index (χ0) is 14.6. The summed E-state index contributed by atoms with van der Waals surface area (Å²) >= 11 is 1.38. The zero-order valence-electron chi connectivity index (χ0n) is 10.4. The van der Waals surface area contributed by atoms with E-state index in [1.165, 1.54) is 16.7 Å². The number of carbonyl (C=O) groups is 2. The first-order valence-corrected chi connectivity index (χ1v) is 8.40. The quantitative estimate of drug-likeness (QED) is 0.571. The van der Waals surface area contributed by atoms with Gasteiger partial charge >= 0.3 is 12.0 Å². The number of carboxylic acid groups (broad SMARTS) is 1. The number of hydrogen-bond acceptors (Lipinski definition) is 5. The third-order valence-electron chi connectivity index (χ3n) is 2.62. The molecular weight excluding hydrogens is 294 g/mol. The van der Waals surface area contributed by atoms with Crippen molar-refractivity contribution in [2.45, 2.75) is 24.8 Å². The number of carboxylic acids is 1. The Labute approximate surface area is 115 Å². The molecule has 0 radical (unpaired) electrons. The third-order valence-corrected chi connectivity index (χ3v) is 4.70. The summed E-state index contributed by atoms with van der Waals surface area (Å²) in [7, 11) is -3.54. The molecule has 2 atom stereocenters. The molecule has 0 aromatic heterocycles. The highest BCUT2D eigenvalue weighted by atomic mass is 32.2. The van der Waals surface area contributed by atoms with Crippen molar-refractivity contribution in [3.05, 3.63) is 0 Å². The van der Waals surface area contributed by atoms with Crippen LogP contribution in [-0.4, -0.2) is 59.9 Å². The molecule has 8 nitrogen and oxygen atoms in total. The van der Waals surface area contributed by atoms with Gasteiger partial charge < -0.3 is 10.4 Å². The van der Waals surface area contributed by atoms with E-state index in [4.69, 9.17) is 10.2 Å². The van der Waals surface area contributed by atoms with Gasteiger partial charge in [-0.05, 0) is 13.3 Å². The number of nitrogens with zero attached hydrogens (tertiary/aromatic N) is 1. The second-order valence-electron chi connectivity index (χ2n) is 4.15. The van der Waals surface area contributed by atoms with Gasteiger partial charge in [0.1, 0.15) is 6.04 Å². The summed E-state index contributed by atoms with van der Waals surface area (Å²) in [6.45, 7) is 1.88. The summed E-state index contributed by atoms with van der Waals surface area (Å²) in [4.78, 5) is 24.1. The van der Waals surface area contributed by atoms with Crippen LogP contribution in [0.3, 0.4) is 0 Å². The van der Waals surface area contributed by atoms with E-state index in [1.807, 2.05) is 0 Å². The molecule has 110 valence electrons. The molecular formula is C9H17N3O5S2. The second-order valence-corrected chi connectivity index (χ2v) is 7.23. The van der Waals surface area contributed by atoms with E-state index in [0.29, 0.717) is 5.75 Å². The van der Waals surface area contributed by atoms with Crippen molar-refractivity contribution < 1.29 is 23.1 Å². The normalized spacial score (nSPS) is 23.4. The number of urea groups is 1. The lowest BCUT2D eigenvalue weighted by atomic mass is 10.3. The van der Waals surface area contributed by atoms with Crippen molar-refractivity contribution in [1.82, 2.24) is 10.2 Å². The number of nitrogens with one attached hydrogen (secondary N) is 1. The molecule has 2 amide bonds. The molecule has 19 heavy (non-hydrogen) atoms. The fourth-order valence-corrected chi connectivity index (χ4v) is 3.42. The van der Waals surface area contributed by atoms with Crippen LogP contribution in [0.25, 0.3) is 0 Å². The number of sulfonamides is 1. The minimum absolute atomic E-state index is 0.134. The molecule has 1 aliphatic heterocycles. The summed E-state index contributed by atoms with van der Waals surface area (Å²) in [6, 6.07) is -1.35. The SMILES string of the molecule is CC1SCC(C(=O)O)N1C(=O)NCCCS(N)(=O)=O. The van der Waals surface area contributed by atoms with Crippen LogP contribution < -0.4 is 10.5 Å². The molecule has 2 unspecified atom stereocenters. The fourth-order valence-electron chi connectivity index (χ4n) is 1.70. The average Bonchev–Trinajstić information content (AvgIpc) is 2.65. The Bertz CT molecular complexity index is 453. The molecule has 0 saturated carbocycles. The molecule has 1 rings (SSSR count). The predicted octanol–water partition coefficient (Wildman–Crippen LogP) is -0.777. The van der Waals surface area contributed by atoms with Gasteiger partial charge in [0.05, 0.1) is 11.1 Å². The van der Waals surface area contributed by atoms with Crippen LogP contribution >= 0.6 is 11.8 Å². The standard InChI is InChI=1S/C9H17N3O5S2/c1-6-12(7(5-18-6)8(13)14)9(15)11-3-2-4-19(10,16)17/h6-7H,2-5H2,1H3,(H,11,15)(H,13,14)(H2,10,16,17). The largest absolute Gasteiger partial charge is 0.480 e. The second kappa shape index (κ2) is 6.44. The Kier molecular flexibility index (Phi) is 5.44. The highest BCUT2D eigenvalue weighted by Crippen LogP contribution is 2.28. The Morgan fingerprint density at radius 3 is 2.68 bits per heavy atom. The molecule has 0 aliphatic carbocycles. The lowest BCUT2D eigenvalue weighted by Gasteiger charge is -2.25. The first kappa shape index (κ1) is 16.1. The Balaban J connectivity index is 2.46. The van der Waals surface area contributed by atoms with Crippen LogP contribution in [0.4, 0.5) is 4.79 Å². The Hall–Kier alpha value is -1.00. The number of rotatable bonds is 5. The molecule has 0 bridgehead atoms. The van der Waals surface area contributed by atoms with E-state index in [-0.39, 0.29) is 24.1 Å². The van der Waals surface area contributed by atoms with Gasteiger partial charge in [0, 0.05) is 12.3 Å². The molecule has 1 saturated heterocycles. The Morgan fingerprint density at radius 1 is 1.53 bits per heavy atom. The van der Waals surface area contributed by atoms with Gasteiger partial charge in [-0.15, -0.1) is 11.8 Å². The molecule has 0 aromatic rings. The maximum atomic E-state index is 11.9. The molecule has 10 heteroatoms. The van der Waals surface area contributed by atoms with Crippen LogP contribution in [0, 0.1) is 0 Å². The van der Waals surface area contributed by atoms with E-state index in [0.717, 1.165) is 0 Å². The van der Waals surface area contributed by atoms with Crippen molar-refractivity contribution >= 4 is 33.8 Å². The number of aliphatic carboxylic acids is 1. The lowest BCUT2D eigenvalue weighted by molar-refractivity contribution is -0.141. The summed E-state index contributed by atoms with van der Waals surface area (Å²) in [6.07, 6.45) is 0.192. The van der Waals surface area contributed by atoms with Crippen molar-refractivity contribution in [2.24, 2.45) is 5.14 Å². The third kappa shape index (κ3) is 4.88. The van der Waals surface area contributed by atoms with Gasteiger partial charge in [0.25, 0.3) is 0 Å². The smallest absolute Gasteiger partial charge is 0.327 e. The number of thioether (sulfide) groups is 1. The average molecular weight is 311 g/mol. The van der Waals surface area contributed by atoms with Gasteiger partial charge in [-0.3, -0.25) is 4.90 Å². The summed E-state index contributed by atoms with van der Waals surface area (Å²) in [5.41, 5.74) is 0. The molecule has 0 aromatic carbocycles. The summed E-state index contributed by atoms with van der Waals surface area (Å²) < 4.78 is 21.4. The van der Waals surface area contributed by atoms with E-state index in [9.17, 15) is 18.0 Å². The van der Waals surface area contributed by atoms with Crippen LogP contribution in [0.15, 0.2) is 0 Å². The van der Waals surface area contributed by atoms with E-state index < -0.39 is 28.1 Å². The monoisotopic (exact) mass is 311 g/mol. The van der Waals surface area contributed by atoms with Gasteiger partial charge in [0.2, 0.25) is 10.0 Å². The first-order valence-electron chi connectivity index (χ1n) is 5.63. The lowest BCUT2D eigenvalue weighted by Crippen LogP contribution is -2.49. The van der Waals surface area contributed by atoms with Gasteiger partial charge in [-0.25, -0.2) is 23.1 Å². The highest BCUT2D eigenvalue weighted by Gasteiger charge is 2.39. The molecule has 1 aliphatic rings. The highest BCUT2D eigenvalue weighted by molar-refractivity contribution is 8.00. The number of primary sulfonamides is 1. The summed E-state index contributed by atoms with van der Waals surface area (Å²) in [5.74, 6) is -0.919. The number of amides is 2. The van der Waals surface area contributed by atoms with Crippen LogP contribution in [-0.2, 0) is 14.8 Å². The maximum absolute atomic E-state index is 11.9. The van der Waals surface area contributed by atoms with E-state index in [2.05, 4.69) is 5.32 Å². The van der Waals surface area contributed by atoms with Crippen LogP contribution in [0.1, 0.15) is 13.3 Å². The van der Waals surface area contributed by atoms with Crippen molar-refractivity contribution in [3.8, 4) is 0 Å². The maximum Gasteiger partial charge on any atom is 0.327 e. The molecule has 0 spiro atoms. The molecule has 1 fully saturated rings. The van der Waals surface area contributed by atoms with Gasteiger partial charge in [-0.1, -0.05) is 0 Å². The van der Waals surface area contributed by atoms with Gasteiger partial charge in [0.15, 0.2) is 0 Å². The molecule has 4 N–H and O–H groups in total. The molecule has 1 heterocycles. The van der Waals surface area contributed by atoms with Crippen molar-refractivity contribution in [1.29, 1.82) is 0 Å². The summed E-state index contributed by atoms with van der Waals surface area (Å²) in [5, 5.41) is 16.1. The number of nitrogens with two attached hydrogens (primary N) is 1. The minimum atomic E-state index is -3.54. The fraction of sp³-hybridized carbons (Fsp3) is 0.778. The number of carbonyl (C=O) groups excluding carboxylic acids is 1. The predicted molar refractivity (Wildman–Crippen MR) is 71.2 cm³/mol. The minimum Gasteiger partial charge on any atom is -0.480 e. The topological polar surface area (TPSA) is 130 Å². The zero-order valence-corrected chi connectivity index (χ0v) is 12.0. The van der Waals surface area contributed by atoms with Crippen molar-refractivity contribution in [2.75, 3.05) is 18.1 Å². The number of hydrogen-bond donors (Lipinski definition) is 3. The Morgan fingerprint density at radius 2 is 2.16 bits per heavy atom. The van der Waals surface area contributed by atoms with E-state index in [1.54, 1.807) is 6.92 Å². The van der Waals surface area contributed by atoms with Crippen LogP contribution in [0.5, 0.6) is 0 Å².